The molecule has 0 spiro atoms. The lowest BCUT2D eigenvalue weighted by Crippen LogP contribution is -2.36. The fraction of sp³-hybridized carbons (Fsp3) is 0.600. The van der Waals surface area contributed by atoms with Crippen molar-refractivity contribution in [1.29, 1.82) is 0 Å². The number of hydrogen-bond acceptors (Lipinski definition) is 7. The van der Waals surface area contributed by atoms with Gasteiger partial charge < -0.3 is 20.7 Å². The van der Waals surface area contributed by atoms with E-state index in [9.17, 15) is 28.8 Å². The third-order valence-electron chi connectivity index (χ3n) is 6.90. The molecule has 1 aliphatic rings. The standard InChI is InChI=1S/C30H44N4O7/c1-20(2)24-19-29(39)34(30(24)40)16-12-27(37)32-15-18-41-17-13-28(38)33-23-8-5-22(6-9-23)7-10-26(36)31-14-11-25(35)21(3)4/h5-6,8-9,20-21,24H,7,10-19H2,1-4H3,(H,31,36)(H,32,37)(H,33,38). The number of ketones is 1. The number of likely N-dealkylation sites (tertiary alicyclic amines) is 1. The summed E-state index contributed by atoms with van der Waals surface area (Å²) in [6.45, 7) is 8.58. The Kier molecular flexibility index (Phi) is 14.2. The first-order valence-electron chi connectivity index (χ1n) is 14.3. The minimum Gasteiger partial charge on any atom is -0.379 e. The van der Waals surface area contributed by atoms with E-state index in [1.807, 2.05) is 39.8 Å². The van der Waals surface area contributed by atoms with Gasteiger partial charge in [0.2, 0.25) is 29.5 Å². The summed E-state index contributed by atoms with van der Waals surface area (Å²) >= 11 is 0. The average Bonchev–Trinajstić information content (AvgIpc) is 3.21. The summed E-state index contributed by atoms with van der Waals surface area (Å²) in [5.41, 5.74) is 1.59. The van der Waals surface area contributed by atoms with Gasteiger partial charge in [0.1, 0.15) is 5.78 Å². The molecule has 41 heavy (non-hydrogen) atoms. The molecule has 0 radical (unpaired) electrons. The van der Waals surface area contributed by atoms with Gasteiger partial charge in [0.15, 0.2) is 0 Å². The van der Waals surface area contributed by atoms with Gasteiger partial charge in [0.05, 0.1) is 19.6 Å². The van der Waals surface area contributed by atoms with Crippen molar-refractivity contribution in [2.24, 2.45) is 17.8 Å². The van der Waals surface area contributed by atoms with Crippen LogP contribution in [0.5, 0.6) is 0 Å². The first kappa shape index (κ1) is 33.6. The zero-order valence-corrected chi connectivity index (χ0v) is 24.6. The van der Waals surface area contributed by atoms with E-state index in [1.54, 1.807) is 12.1 Å². The van der Waals surface area contributed by atoms with Gasteiger partial charge in [-0.25, -0.2) is 0 Å². The number of nitrogens with one attached hydrogen (secondary N) is 3. The number of carbonyl (C=O) groups excluding carboxylic acids is 6. The lowest BCUT2D eigenvalue weighted by atomic mass is 9.94. The van der Waals surface area contributed by atoms with E-state index in [1.165, 1.54) is 4.90 Å². The third kappa shape index (κ3) is 12.2. The number of amides is 5. The van der Waals surface area contributed by atoms with Gasteiger partial charge in [0, 0.05) is 62.8 Å². The predicted octanol–water partition coefficient (Wildman–Crippen LogP) is 2.23. The molecule has 0 bridgehead atoms. The van der Waals surface area contributed by atoms with Gasteiger partial charge in [-0.15, -0.1) is 0 Å². The Labute approximate surface area is 242 Å². The molecule has 1 aromatic rings. The van der Waals surface area contributed by atoms with E-state index in [0.29, 0.717) is 31.5 Å². The van der Waals surface area contributed by atoms with Crippen LogP contribution in [0.4, 0.5) is 5.69 Å². The van der Waals surface area contributed by atoms with Crippen molar-refractivity contribution in [2.75, 3.05) is 38.2 Å². The van der Waals surface area contributed by atoms with Crippen molar-refractivity contribution in [1.82, 2.24) is 15.5 Å². The van der Waals surface area contributed by atoms with E-state index in [-0.39, 0.29) is 98.6 Å². The van der Waals surface area contributed by atoms with Gasteiger partial charge in [-0.3, -0.25) is 33.7 Å². The molecular weight excluding hydrogens is 528 g/mol. The molecule has 1 unspecified atom stereocenters. The predicted molar refractivity (Wildman–Crippen MR) is 154 cm³/mol. The molecule has 1 saturated heterocycles. The van der Waals surface area contributed by atoms with Crippen LogP contribution >= 0.6 is 0 Å². The molecule has 0 saturated carbocycles. The van der Waals surface area contributed by atoms with E-state index in [0.717, 1.165) is 5.56 Å². The van der Waals surface area contributed by atoms with Crippen LogP contribution in [0.1, 0.15) is 65.4 Å². The minimum atomic E-state index is -0.306. The van der Waals surface area contributed by atoms with E-state index >= 15 is 0 Å². The van der Waals surface area contributed by atoms with Gasteiger partial charge in [-0.2, -0.15) is 0 Å². The number of rotatable bonds is 18. The number of ether oxygens (including phenoxy) is 1. The van der Waals surface area contributed by atoms with Gasteiger partial charge >= 0.3 is 0 Å². The topological polar surface area (TPSA) is 151 Å². The normalized spacial score (nSPS) is 15.0. The molecule has 3 N–H and O–H groups in total. The van der Waals surface area contributed by atoms with Crippen molar-refractivity contribution >= 4 is 41.0 Å². The monoisotopic (exact) mass is 572 g/mol. The lowest BCUT2D eigenvalue weighted by Gasteiger charge is -2.16. The van der Waals surface area contributed by atoms with Crippen molar-refractivity contribution in [2.45, 2.75) is 66.2 Å². The van der Waals surface area contributed by atoms with Crippen LogP contribution in [0.25, 0.3) is 0 Å². The molecule has 2 rings (SSSR count). The fourth-order valence-corrected chi connectivity index (χ4v) is 4.23. The number of Topliss-reactive ketones (excluding diaryl/α,β-unsaturated/α-hetero) is 1. The number of benzene rings is 1. The highest BCUT2D eigenvalue weighted by molar-refractivity contribution is 6.03. The average molecular weight is 573 g/mol. The fourth-order valence-electron chi connectivity index (χ4n) is 4.23. The maximum absolute atomic E-state index is 12.3. The van der Waals surface area contributed by atoms with E-state index < -0.39 is 0 Å². The Morgan fingerprint density at radius 1 is 0.854 bits per heavy atom. The van der Waals surface area contributed by atoms with Gasteiger partial charge in [0.25, 0.3) is 0 Å². The SMILES string of the molecule is CC(C)C(=O)CCNC(=O)CCc1ccc(NC(=O)CCOCCNC(=O)CCN2C(=O)CC(C(C)C)C2=O)cc1. The minimum absolute atomic E-state index is 0.0309. The highest BCUT2D eigenvalue weighted by atomic mass is 16.5. The molecule has 1 fully saturated rings. The Hall–Kier alpha value is -3.60. The summed E-state index contributed by atoms with van der Waals surface area (Å²) in [5.74, 6) is -1.15. The maximum Gasteiger partial charge on any atom is 0.233 e. The molecule has 226 valence electrons. The Balaban J connectivity index is 1.53. The third-order valence-corrected chi connectivity index (χ3v) is 6.90. The molecule has 0 aliphatic carbocycles. The zero-order chi connectivity index (χ0) is 30.4. The number of nitrogens with zero attached hydrogens (tertiary/aromatic N) is 1. The number of anilines is 1. The lowest BCUT2D eigenvalue weighted by molar-refractivity contribution is -0.140. The molecule has 1 atom stereocenters. The van der Waals surface area contributed by atoms with Crippen molar-refractivity contribution < 1.29 is 33.5 Å². The van der Waals surface area contributed by atoms with Crippen LogP contribution in [-0.2, 0) is 39.9 Å². The van der Waals surface area contributed by atoms with Crippen LogP contribution in [0.3, 0.4) is 0 Å². The summed E-state index contributed by atoms with van der Waals surface area (Å²) in [4.78, 5) is 73.3. The second kappa shape index (κ2) is 17.3. The van der Waals surface area contributed by atoms with Gasteiger partial charge in [-0.1, -0.05) is 39.8 Å². The molecule has 1 aromatic carbocycles. The summed E-state index contributed by atoms with van der Waals surface area (Å²) in [6, 6.07) is 7.25. The van der Waals surface area contributed by atoms with Crippen molar-refractivity contribution in [3.05, 3.63) is 29.8 Å². The first-order chi connectivity index (χ1) is 19.5. The Morgan fingerprint density at radius 2 is 1.51 bits per heavy atom. The van der Waals surface area contributed by atoms with Crippen LogP contribution in [0.2, 0.25) is 0 Å². The highest BCUT2D eigenvalue weighted by Crippen LogP contribution is 2.26. The smallest absolute Gasteiger partial charge is 0.233 e. The van der Waals surface area contributed by atoms with E-state index in [4.69, 9.17) is 4.74 Å². The summed E-state index contributed by atoms with van der Waals surface area (Å²) in [5, 5.41) is 8.24. The summed E-state index contributed by atoms with van der Waals surface area (Å²) in [7, 11) is 0. The molecule has 11 heteroatoms. The van der Waals surface area contributed by atoms with Crippen molar-refractivity contribution in [3.8, 4) is 0 Å². The maximum atomic E-state index is 12.3. The van der Waals surface area contributed by atoms with Crippen LogP contribution in [0, 0.1) is 17.8 Å². The largest absolute Gasteiger partial charge is 0.379 e. The second-order valence-corrected chi connectivity index (χ2v) is 10.9. The molecule has 1 heterocycles. The molecule has 5 amide bonds. The quantitative estimate of drug-likeness (QED) is 0.180. The molecular formula is C30H44N4O7. The number of hydrogen-bond donors (Lipinski definition) is 3. The van der Waals surface area contributed by atoms with Crippen LogP contribution < -0.4 is 16.0 Å². The van der Waals surface area contributed by atoms with Crippen LogP contribution in [-0.4, -0.2) is 73.1 Å². The summed E-state index contributed by atoms with van der Waals surface area (Å²) in [6.07, 6.45) is 1.59. The van der Waals surface area contributed by atoms with Crippen molar-refractivity contribution in [3.63, 3.8) is 0 Å². The second-order valence-electron chi connectivity index (χ2n) is 10.9. The number of imide groups is 1. The van der Waals surface area contributed by atoms with Gasteiger partial charge in [-0.05, 0) is 30.0 Å². The molecule has 0 aromatic heterocycles. The molecule has 1 aliphatic heterocycles. The van der Waals surface area contributed by atoms with E-state index in [2.05, 4.69) is 16.0 Å². The number of carbonyl (C=O) groups is 6. The Morgan fingerprint density at radius 3 is 2.15 bits per heavy atom. The highest BCUT2D eigenvalue weighted by Gasteiger charge is 2.39. The number of aryl methyl sites for hydroxylation is 1. The first-order valence-corrected chi connectivity index (χ1v) is 14.3. The van der Waals surface area contributed by atoms with Crippen LogP contribution in [0.15, 0.2) is 24.3 Å². The molecule has 11 nitrogen and oxygen atoms in total. The Bertz CT molecular complexity index is 1070. The summed E-state index contributed by atoms with van der Waals surface area (Å²) < 4.78 is 5.42. The zero-order valence-electron chi connectivity index (χ0n) is 24.6.